The summed E-state index contributed by atoms with van der Waals surface area (Å²) in [6.45, 7) is 1.08. The number of pyridine rings is 1. The van der Waals surface area contributed by atoms with E-state index in [9.17, 15) is 0 Å². The van der Waals surface area contributed by atoms with Gasteiger partial charge in [-0.25, -0.2) is 0 Å². The molecule has 0 saturated carbocycles. The van der Waals surface area contributed by atoms with Crippen LogP contribution in [0.25, 0.3) is 0 Å². The summed E-state index contributed by atoms with van der Waals surface area (Å²) in [7, 11) is 0. The van der Waals surface area contributed by atoms with E-state index in [1.54, 1.807) is 0 Å². The van der Waals surface area contributed by atoms with Crippen molar-refractivity contribution in [3.63, 3.8) is 0 Å². The minimum Gasteiger partial charge on any atom is -0.306 e. The number of hydrogen-bond donors (Lipinski definition) is 1. The molecule has 0 spiro atoms. The van der Waals surface area contributed by atoms with E-state index in [0.717, 1.165) is 16.7 Å². The molecule has 0 aromatic carbocycles. The van der Waals surface area contributed by atoms with E-state index >= 15 is 0 Å². The molecule has 1 aliphatic heterocycles. The van der Waals surface area contributed by atoms with E-state index in [1.807, 2.05) is 18.3 Å². The minimum atomic E-state index is 0.521. The summed E-state index contributed by atoms with van der Waals surface area (Å²) < 4.78 is 1.04. The highest BCUT2D eigenvalue weighted by atomic mass is 79.9. The predicted octanol–water partition coefficient (Wildman–Crippen LogP) is 1.49. The Morgan fingerprint density at radius 2 is 2.40 bits per heavy atom. The SMILES string of the molecule is Brc1ccc([C@H]2CN2)nc1. The van der Waals surface area contributed by atoms with Crippen LogP contribution in [-0.2, 0) is 0 Å². The minimum absolute atomic E-state index is 0.521. The third kappa shape index (κ3) is 1.20. The molecule has 1 aromatic heterocycles. The Morgan fingerprint density at radius 1 is 1.60 bits per heavy atom. The third-order valence-corrected chi connectivity index (χ3v) is 1.98. The molecule has 0 aliphatic carbocycles. The van der Waals surface area contributed by atoms with E-state index in [1.165, 1.54) is 0 Å². The van der Waals surface area contributed by atoms with Crippen LogP contribution < -0.4 is 5.32 Å². The molecule has 10 heavy (non-hydrogen) atoms. The van der Waals surface area contributed by atoms with Gasteiger partial charge in [0.15, 0.2) is 0 Å². The number of aromatic nitrogens is 1. The Hall–Kier alpha value is -0.410. The number of hydrogen-bond acceptors (Lipinski definition) is 2. The highest BCUT2D eigenvalue weighted by Crippen LogP contribution is 2.19. The highest BCUT2D eigenvalue weighted by Gasteiger charge is 2.22. The Bertz CT molecular complexity index is 228. The molecule has 0 amide bonds. The Kier molecular flexibility index (Phi) is 1.47. The molecule has 2 rings (SSSR count). The quantitative estimate of drug-likeness (QED) is 0.695. The summed E-state index contributed by atoms with van der Waals surface area (Å²) in [5.41, 5.74) is 1.14. The lowest BCUT2D eigenvalue weighted by molar-refractivity contribution is 0.991. The first kappa shape index (κ1) is 6.31. The fourth-order valence-corrected chi connectivity index (χ4v) is 1.10. The van der Waals surface area contributed by atoms with Crippen LogP contribution in [0.3, 0.4) is 0 Å². The van der Waals surface area contributed by atoms with Crippen molar-refractivity contribution in [1.29, 1.82) is 0 Å². The van der Waals surface area contributed by atoms with Crippen LogP contribution in [0.1, 0.15) is 11.7 Å². The van der Waals surface area contributed by atoms with Crippen LogP contribution in [0, 0.1) is 0 Å². The first-order chi connectivity index (χ1) is 4.86. The fourth-order valence-electron chi connectivity index (χ4n) is 0.861. The lowest BCUT2D eigenvalue weighted by Crippen LogP contribution is -1.87. The van der Waals surface area contributed by atoms with Crippen LogP contribution >= 0.6 is 15.9 Å². The molecule has 1 fully saturated rings. The van der Waals surface area contributed by atoms with Crippen LogP contribution in [0.4, 0.5) is 0 Å². The second-order valence-corrected chi connectivity index (χ2v) is 3.28. The van der Waals surface area contributed by atoms with Crippen molar-refractivity contribution in [2.45, 2.75) is 6.04 Å². The largest absolute Gasteiger partial charge is 0.306 e. The smallest absolute Gasteiger partial charge is 0.0622 e. The first-order valence-corrected chi connectivity index (χ1v) is 4.00. The molecule has 2 nitrogen and oxygen atoms in total. The zero-order valence-electron chi connectivity index (χ0n) is 5.34. The summed E-state index contributed by atoms with van der Waals surface area (Å²) in [5, 5.41) is 3.19. The van der Waals surface area contributed by atoms with Gasteiger partial charge in [-0.1, -0.05) is 0 Å². The normalized spacial score (nSPS) is 22.7. The van der Waals surface area contributed by atoms with Gasteiger partial charge in [0.1, 0.15) is 0 Å². The summed E-state index contributed by atoms with van der Waals surface area (Å²) in [6.07, 6.45) is 1.83. The monoisotopic (exact) mass is 198 g/mol. The van der Waals surface area contributed by atoms with Gasteiger partial charge in [0.05, 0.1) is 11.7 Å². The number of rotatable bonds is 1. The fraction of sp³-hybridized carbons (Fsp3) is 0.286. The predicted molar refractivity (Wildman–Crippen MR) is 42.7 cm³/mol. The van der Waals surface area contributed by atoms with Crippen molar-refractivity contribution in [1.82, 2.24) is 10.3 Å². The molecule has 1 atom stereocenters. The maximum Gasteiger partial charge on any atom is 0.0622 e. The van der Waals surface area contributed by atoms with Gasteiger partial charge in [-0.15, -0.1) is 0 Å². The second kappa shape index (κ2) is 2.32. The van der Waals surface area contributed by atoms with Gasteiger partial charge in [-0.05, 0) is 28.1 Å². The zero-order chi connectivity index (χ0) is 6.97. The van der Waals surface area contributed by atoms with Crippen LogP contribution in [0.2, 0.25) is 0 Å². The molecule has 1 saturated heterocycles. The van der Waals surface area contributed by atoms with Gasteiger partial charge in [-0.3, -0.25) is 4.98 Å². The van der Waals surface area contributed by atoms with Crippen molar-refractivity contribution in [3.05, 3.63) is 28.5 Å². The number of halogens is 1. The van der Waals surface area contributed by atoms with Gasteiger partial charge >= 0.3 is 0 Å². The molecule has 1 N–H and O–H groups in total. The molecule has 52 valence electrons. The molecule has 0 unspecified atom stereocenters. The van der Waals surface area contributed by atoms with Crippen molar-refractivity contribution >= 4 is 15.9 Å². The second-order valence-electron chi connectivity index (χ2n) is 2.36. The van der Waals surface area contributed by atoms with E-state index in [0.29, 0.717) is 6.04 Å². The molecule has 1 aliphatic rings. The Balaban J connectivity index is 2.28. The van der Waals surface area contributed by atoms with E-state index in [2.05, 4.69) is 26.2 Å². The topological polar surface area (TPSA) is 34.8 Å². The zero-order valence-corrected chi connectivity index (χ0v) is 6.93. The molecular weight excluding hydrogens is 192 g/mol. The van der Waals surface area contributed by atoms with Crippen molar-refractivity contribution in [2.75, 3.05) is 6.54 Å². The standard InChI is InChI=1S/C7H7BrN2/c8-5-1-2-6(9-3-5)7-4-10-7/h1-3,7,10H,4H2/t7-/m1/s1. The first-order valence-electron chi connectivity index (χ1n) is 3.21. The maximum atomic E-state index is 4.23. The highest BCUT2D eigenvalue weighted by molar-refractivity contribution is 9.10. The number of nitrogens with zero attached hydrogens (tertiary/aromatic N) is 1. The van der Waals surface area contributed by atoms with E-state index < -0.39 is 0 Å². The van der Waals surface area contributed by atoms with Crippen molar-refractivity contribution in [3.8, 4) is 0 Å². The van der Waals surface area contributed by atoms with Gasteiger partial charge in [0, 0.05) is 17.2 Å². The number of nitrogens with one attached hydrogen (secondary N) is 1. The van der Waals surface area contributed by atoms with Gasteiger partial charge < -0.3 is 5.32 Å². The molecule has 3 heteroatoms. The molecule has 1 aromatic rings. The van der Waals surface area contributed by atoms with Crippen LogP contribution in [0.15, 0.2) is 22.8 Å². The maximum absolute atomic E-state index is 4.23. The average Bonchev–Trinajstić information content (AvgIpc) is 2.71. The van der Waals surface area contributed by atoms with E-state index in [-0.39, 0.29) is 0 Å². The Labute approximate surface area is 67.8 Å². The summed E-state index contributed by atoms with van der Waals surface area (Å²) >= 11 is 3.33. The third-order valence-electron chi connectivity index (χ3n) is 1.52. The van der Waals surface area contributed by atoms with Crippen molar-refractivity contribution in [2.24, 2.45) is 0 Å². The van der Waals surface area contributed by atoms with Crippen LogP contribution in [0.5, 0.6) is 0 Å². The summed E-state index contributed by atoms with van der Waals surface area (Å²) in [6, 6.07) is 4.57. The molecular formula is C7H7BrN2. The summed E-state index contributed by atoms with van der Waals surface area (Å²) in [5.74, 6) is 0. The Morgan fingerprint density at radius 3 is 2.90 bits per heavy atom. The van der Waals surface area contributed by atoms with Crippen LogP contribution in [-0.4, -0.2) is 11.5 Å². The summed E-state index contributed by atoms with van der Waals surface area (Å²) in [4.78, 5) is 4.23. The molecule has 2 heterocycles. The lowest BCUT2D eigenvalue weighted by atomic mass is 10.3. The lowest BCUT2D eigenvalue weighted by Gasteiger charge is -1.93. The molecule has 0 bridgehead atoms. The molecule has 0 radical (unpaired) electrons. The van der Waals surface area contributed by atoms with Gasteiger partial charge in [-0.2, -0.15) is 0 Å². The van der Waals surface area contributed by atoms with Gasteiger partial charge in [0.2, 0.25) is 0 Å². The average molecular weight is 199 g/mol. The van der Waals surface area contributed by atoms with Crippen molar-refractivity contribution < 1.29 is 0 Å². The van der Waals surface area contributed by atoms with E-state index in [4.69, 9.17) is 0 Å². The van der Waals surface area contributed by atoms with Gasteiger partial charge in [0.25, 0.3) is 0 Å².